The molecule has 0 radical (unpaired) electrons. The molecule has 2 saturated heterocycles. The molecule has 1 atom stereocenters. The molecule has 25 heavy (non-hydrogen) atoms. The van der Waals surface area contributed by atoms with E-state index >= 15 is 0 Å². The third kappa shape index (κ3) is 2.96. The monoisotopic (exact) mass is 344 g/mol. The average Bonchev–Trinajstić information content (AvgIpc) is 3.22. The molecule has 2 aliphatic rings. The Labute approximate surface area is 146 Å². The molecule has 0 aliphatic carbocycles. The van der Waals surface area contributed by atoms with Crippen molar-refractivity contribution < 1.29 is 4.79 Å². The fourth-order valence-electron chi connectivity index (χ4n) is 3.87. The van der Waals surface area contributed by atoms with Gasteiger partial charge in [0.05, 0.1) is 11.3 Å². The van der Waals surface area contributed by atoms with Crippen molar-refractivity contribution in [2.75, 3.05) is 46.3 Å². The molecule has 0 spiro atoms. The molecule has 2 aliphatic heterocycles. The van der Waals surface area contributed by atoms with Crippen molar-refractivity contribution in [2.24, 2.45) is 0 Å². The number of aromatic amines is 1. The van der Waals surface area contributed by atoms with Crippen LogP contribution in [-0.2, 0) is 0 Å². The van der Waals surface area contributed by atoms with Gasteiger partial charge in [-0.3, -0.25) is 19.6 Å². The van der Waals surface area contributed by atoms with Gasteiger partial charge in [-0.25, -0.2) is 9.50 Å². The van der Waals surface area contributed by atoms with Crippen LogP contribution in [0.4, 0.5) is 0 Å². The van der Waals surface area contributed by atoms with Crippen LogP contribution in [0.25, 0.3) is 5.65 Å². The highest BCUT2D eigenvalue weighted by molar-refractivity contribution is 5.95. The average molecular weight is 344 g/mol. The Morgan fingerprint density at radius 3 is 2.76 bits per heavy atom. The molecule has 2 aromatic rings. The van der Waals surface area contributed by atoms with Crippen LogP contribution in [0.5, 0.6) is 0 Å². The summed E-state index contributed by atoms with van der Waals surface area (Å²) < 4.78 is 1.59. The normalized spacial score (nSPS) is 22.8. The Balaban J connectivity index is 1.50. The summed E-state index contributed by atoms with van der Waals surface area (Å²) in [6.45, 7) is 7.70. The molecule has 1 N–H and O–H groups in total. The number of nitrogens with one attached hydrogen (secondary N) is 1. The summed E-state index contributed by atoms with van der Waals surface area (Å²) in [5.74, 6) is -0.00178. The molecule has 8 heteroatoms. The summed E-state index contributed by atoms with van der Waals surface area (Å²) in [5.41, 5.74) is 1.60. The first kappa shape index (κ1) is 16.3. The van der Waals surface area contributed by atoms with E-state index in [4.69, 9.17) is 0 Å². The van der Waals surface area contributed by atoms with Crippen LogP contribution in [0.2, 0.25) is 0 Å². The number of rotatable bonds is 2. The van der Waals surface area contributed by atoms with Crippen molar-refractivity contribution in [3.8, 4) is 0 Å². The largest absolute Gasteiger partial charge is 0.337 e. The number of H-pyrrole nitrogens is 1. The smallest absolute Gasteiger partial charge is 0.266 e. The summed E-state index contributed by atoms with van der Waals surface area (Å²) in [4.78, 5) is 35.5. The van der Waals surface area contributed by atoms with Crippen molar-refractivity contribution >= 4 is 11.6 Å². The van der Waals surface area contributed by atoms with E-state index in [2.05, 4.69) is 26.9 Å². The molecule has 0 aromatic carbocycles. The molecule has 4 heterocycles. The second-order valence-electron chi connectivity index (χ2n) is 7.10. The van der Waals surface area contributed by atoms with Gasteiger partial charge in [-0.2, -0.15) is 0 Å². The standard InChI is InChI=1S/C17H24N6O2/c1-12-14(10-18-15-9-16(24)19-23(12)15)17(25)22-4-3-13(11-22)21-7-5-20(2)6-8-21/h9-10,13H,3-8,11H2,1-2H3,(H,19,24)/t13-/m0/s1. The molecule has 4 rings (SSSR count). The maximum absolute atomic E-state index is 13.0. The van der Waals surface area contributed by atoms with Crippen LogP contribution in [0, 0.1) is 6.92 Å². The van der Waals surface area contributed by atoms with Gasteiger partial charge in [-0.15, -0.1) is 0 Å². The topological polar surface area (TPSA) is 77.0 Å². The molecule has 134 valence electrons. The number of carbonyl (C=O) groups excluding carboxylic acids is 1. The third-order valence-electron chi connectivity index (χ3n) is 5.50. The first-order chi connectivity index (χ1) is 12.0. The highest BCUT2D eigenvalue weighted by Crippen LogP contribution is 2.20. The number of nitrogens with zero attached hydrogens (tertiary/aromatic N) is 5. The van der Waals surface area contributed by atoms with Gasteiger partial charge < -0.3 is 9.80 Å². The Hall–Kier alpha value is -2.19. The zero-order valence-electron chi connectivity index (χ0n) is 14.7. The number of hydrogen-bond donors (Lipinski definition) is 1. The summed E-state index contributed by atoms with van der Waals surface area (Å²) in [5, 5.41) is 2.69. The maximum atomic E-state index is 13.0. The van der Waals surface area contributed by atoms with Crippen LogP contribution in [-0.4, -0.2) is 87.6 Å². The SMILES string of the molecule is Cc1c(C(=O)N2CC[C@H](N3CCN(C)CC3)C2)cnc2cc(=O)[nH]n12. The third-order valence-corrected chi connectivity index (χ3v) is 5.50. The van der Waals surface area contributed by atoms with Crippen molar-refractivity contribution in [3.05, 3.63) is 33.9 Å². The number of aromatic nitrogens is 3. The van der Waals surface area contributed by atoms with E-state index in [1.165, 1.54) is 6.07 Å². The van der Waals surface area contributed by atoms with Crippen LogP contribution in [0.1, 0.15) is 22.5 Å². The second-order valence-corrected chi connectivity index (χ2v) is 7.10. The van der Waals surface area contributed by atoms with Gasteiger partial charge >= 0.3 is 0 Å². The number of hydrogen-bond acceptors (Lipinski definition) is 5. The Bertz CT molecular complexity index is 848. The molecule has 2 fully saturated rings. The number of likely N-dealkylation sites (N-methyl/N-ethyl adjacent to an activating group) is 1. The lowest BCUT2D eigenvalue weighted by Gasteiger charge is -2.36. The van der Waals surface area contributed by atoms with E-state index in [0.717, 1.165) is 51.4 Å². The van der Waals surface area contributed by atoms with Gasteiger partial charge in [0.25, 0.3) is 11.5 Å². The first-order valence-electron chi connectivity index (χ1n) is 8.82. The van der Waals surface area contributed by atoms with Gasteiger partial charge in [0, 0.05) is 57.6 Å². The Kier molecular flexibility index (Phi) is 4.09. The van der Waals surface area contributed by atoms with E-state index < -0.39 is 0 Å². The van der Waals surface area contributed by atoms with Crippen LogP contribution in [0.15, 0.2) is 17.1 Å². The van der Waals surface area contributed by atoms with E-state index in [1.54, 1.807) is 10.7 Å². The van der Waals surface area contributed by atoms with Gasteiger partial charge in [0.15, 0.2) is 5.65 Å². The predicted octanol–water partition coefficient (Wildman–Crippen LogP) is -0.207. The molecule has 0 saturated carbocycles. The summed E-state index contributed by atoms with van der Waals surface area (Å²) >= 11 is 0. The minimum atomic E-state index is -0.212. The minimum Gasteiger partial charge on any atom is -0.337 e. The summed E-state index contributed by atoms with van der Waals surface area (Å²) in [7, 11) is 2.15. The maximum Gasteiger partial charge on any atom is 0.266 e. The van der Waals surface area contributed by atoms with Crippen LogP contribution in [0.3, 0.4) is 0 Å². The first-order valence-corrected chi connectivity index (χ1v) is 8.82. The number of aryl methyl sites for hydroxylation is 1. The fourth-order valence-corrected chi connectivity index (χ4v) is 3.87. The minimum absolute atomic E-state index is 0.00178. The molecule has 1 amide bonds. The summed E-state index contributed by atoms with van der Waals surface area (Å²) in [6.07, 6.45) is 2.61. The zero-order valence-corrected chi connectivity index (χ0v) is 14.7. The molecule has 0 unspecified atom stereocenters. The van der Waals surface area contributed by atoms with Crippen LogP contribution >= 0.6 is 0 Å². The quantitative estimate of drug-likeness (QED) is 0.816. The van der Waals surface area contributed by atoms with Crippen molar-refractivity contribution in [2.45, 2.75) is 19.4 Å². The lowest BCUT2D eigenvalue weighted by atomic mass is 10.2. The van der Waals surface area contributed by atoms with E-state index in [0.29, 0.717) is 17.3 Å². The van der Waals surface area contributed by atoms with Gasteiger partial charge in [0.1, 0.15) is 0 Å². The lowest BCUT2D eigenvalue weighted by Crippen LogP contribution is -2.50. The van der Waals surface area contributed by atoms with Crippen LogP contribution < -0.4 is 5.56 Å². The van der Waals surface area contributed by atoms with E-state index in [1.807, 2.05) is 11.8 Å². The Morgan fingerprint density at radius 1 is 1.24 bits per heavy atom. The highest BCUT2D eigenvalue weighted by Gasteiger charge is 2.32. The molecular weight excluding hydrogens is 320 g/mol. The zero-order chi connectivity index (χ0) is 17.6. The number of piperazine rings is 1. The number of carbonyl (C=O) groups is 1. The number of fused-ring (bicyclic) bond motifs is 1. The molecular formula is C17H24N6O2. The molecule has 0 bridgehead atoms. The van der Waals surface area contributed by atoms with Gasteiger partial charge in [-0.05, 0) is 20.4 Å². The fraction of sp³-hybridized carbons (Fsp3) is 0.588. The van der Waals surface area contributed by atoms with Gasteiger partial charge in [-0.1, -0.05) is 0 Å². The Morgan fingerprint density at radius 2 is 2.00 bits per heavy atom. The highest BCUT2D eigenvalue weighted by atomic mass is 16.2. The van der Waals surface area contributed by atoms with Gasteiger partial charge in [0.2, 0.25) is 0 Å². The number of likely N-dealkylation sites (tertiary alicyclic amines) is 1. The number of amides is 1. The summed E-state index contributed by atoms with van der Waals surface area (Å²) in [6, 6.07) is 1.88. The lowest BCUT2D eigenvalue weighted by molar-refractivity contribution is 0.0753. The molecule has 8 nitrogen and oxygen atoms in total. The second kappa shape index (κ2) is 6.27. The van der Waals surface area contributed by atoms with E-state index in [9.17, 15) is 9.59 Å². The van der Waals surface area contributed by atoms with Crippen molar-refractivity contribution in [1.29, 1.82) is 0 Å². The predicted molar refractivity (Wildman–Crippen MR) is 93.9 cm³/mol. The molecule has 2 aromatic heterocycles. The van der Waals surface area contributed by atoms with Crippen molar-refractivity contribution in [1.82, 2.24) is 29.3 Å². The van der Waals surface area contributed by atoms with E-state index in [-0.39, 0.29) is 11.5 Å². The van der Waals surface area contributed by atoms with Crippen molar-refractivity contribution in [3.63, 3.8) is 0 Å².